The van der Waals surface area contributed by atoms with Crippen molar-refractivity contribution in [1.82, 2.24) is 5.32 Å². The maximum atomic E-state index is 13.3. The van der Waals surface area contributed by atoms with Gasteiger partial charge in [-0.15, -0.1) is 0 Å². The number of hydrogen-bond acceptors (Lipinski definition) is 3. The Morgan fingerprint density at radius 2 is 1.57 bits per heavy atom. The van der Waals surface area contributed by atoms with E-state index in [1.807, 2.05) is 30.3 Å². The molecular formula is C25H22N2O3. The third-order valence-electron chi connectivity index (χ3n) is 7.33. The summed E-state index contributed by atoms with van der Waals surface area (Å²) in [5.41, 5.74) is 1.96. The van der Waals surface area contributed by atoms with Crippen LogP contribution in [0.25, 0.3) is 0 Å². The van der Waals surface area contributed by atoms with Crippen molar-refractivity contribution in [3.8, 4) is 0 Å². The van der Waals surface area contributed by atoms with Crippen LogP contribution in [-0.2, 0) is 16.1 Å². The fourth-order valence-electron chi connectivity index (χ4n) is 5.88. The fourth-order valence-corrected chi connectivity index (χ4v) is 5.88. The molecule has 1 heterocycles. The molecule has 0 aromatic heterocycles. The summed E-state index contributed by atoms with van der Waals surface area (Å²) < 4.78 is 0. The molecule has 4 aliphatic carbocycles. The second-order valence-corrected chi connectivity index (χ2v) is 8.89. The third kappa shape index (κ3) is 2.51. The summed E-state index contributed by atoms with van der Waals surface area (Å²) in [6.45, 7) is 0.424. The van der Waals surface area contributed by atoms with Crippen LogP contribution in [0.4, 0.5) is 5.69 Å². The number of carbonyl (C=O) groups is 3. The molecule has 1 saturated heterocycles. The van der Waals surface area contributed by atoms with Crippen molar-refractivity contribution in [2.24, 2.45) is 35.5 Å². The van der Waals surface area contributed by atoms with Crippen molar-refractivity contribution < 1.29 is 14.4 Å². The van der Waals surface area contributed by atoms with E-state index in [9.17, 15) is 14.4 Å². The molecule has 7 rings (SSSR count). The van der Waals surface area contributed by atoms with Gasteiger partial charge < -0.3 is 5.32 Å². The third-order valence-corrected chi connectivity index (χ3v) is 7.33. The standard InChI is InChI=1S/C25H22N2O3/c28-23(26-13-14-5-2-1-3-6-14)15-7-4-8-16(11-15)27-24(29)21-17-9-10-18(20-12-19(17)20)22(21)25(27)30/h1-11,17-22H,12-13H2,(H,26,28)/t17-,18-,19-,20-,21+,22+/m0/s1. The van der Waals surface area contributed by atoms with E-state index in [4.69, 9.17) is 0 Å². The van der Waals surface area contributed by atoms with Gasteiger partial charge in [-0.1, -0.05) is 48.6 Å². The Morgan fingerprint density at radius 1 is 0.900 bits per heavy atom. The van der Waals surface area contributed by atoms with Gasteiger partial charge in [-0.2, -0.15) is 0 Å². The molecule has 5 nitrogen and oxygen atoms in total. The van der Waals surface area contributed by atoms with E-state index in [0.29, 0.717) is 29.6 Å². The highest BCUT2D eigenvalue weighted by Gasteiger charge is 2.67. The van der Waals surface area contributed by atoms with Crippen LogP contribution < -0.4 is 10.2 Å². The predicted octanol–water partition coefficient (Wildman–Crippen LogP) is 3.17. The quantitative estimate of drug-likeness (QED) is 0.635. The number of allylic oxidation sites excluding steroid dienone is 2. The number of anilines is 1. The van der Waals surface area contributed by atoms with Gasteiger partial charge in [0.1, 0.15) is 0 Å². The molecule has 30 heavy (non-hydrogen) atoms. The van der Waals surface area contributed by atoms with Gasteiger partial charge in [0, 0.05) is 12.1 Å². The molecule has 2 saturated carbocycles. The van der Waals surface area contributed by atoms with Crippen molar-refractivity contribution in [2.75, 3.05) is 4.90 Å². The van der Waals surface area contributed by atoms with Crippen molar-refractivity contribution >= 4 is 23.4 Å². The smallest absolute Gasteiger partial charge is 0.251 e. The number of imide groups is 1. The molecule has 5 heteroatoms. The molecule has 2 aromatic rings. The van der Waals surface area contributed by atoms with E-state index in [1.165, 1.54) is 4.90 Å². The predicted molar refractivity (Wildman–Crippen MR) is 111 cm³/mol. The van der Waals surface area contributed by atoms with Gasteiger partial charge in [0.25, 0.3) is 5.91 Å². The Morgan fingerprint density at radius 3 is 2.23 bits per heavy atom. The second-order valence-electron chi connectivity index (χ2n) is 8.89. The van der Waals surface area contributed by atoms with E-state index in [1.54, 1.807) is 24.3 Å². The summed E-state index contributed by atoms with van der Waals surface area (Å²) >= 11 is 0. The van der Waals surface area contributed by atoms with Gasteiger partial charge in [0.15, 0.2) is 0 Å². The summed E-state index contributed by atoms with van der Waals surface area (Å²) in [7, 11) is 0. The minimum absolute atomic E-state index is 0.100. The molecule has 1 N–H and O–H groups in total. The highest BCUT2D eigenvalue weighted by atomic mass is 16.2. The zero-order valence-corrected chi connectivity index (χ0v) is 16.4. The molecule has 2 bridgehead atoms. The monoisotopic (exact) mass is 398 g/mol. The SMILES string of the molecule is O=C(NCc1ccccc1)c1cccc(N2C(=O)[C@@H]3[C@H]4C=C[C@@H]([C@@H]5C[C@@H]45)[C@H]3C2=O)c1. The molecular weight excluding hydrogens is 376 g/mol. The van der Waals surface area contributed by atoms with Crippen LogP contribution in [0.15, 0.2) is 66.7 Å². The molecule has 6 atom stereocenters. The van der Waals surface area contributed by atoms with Gasteiger partial charge in [-0.25, -0.2) is 4.90 Å². The summed E-state index contributed by atoms with van der Waals surface area (Å²) in [6.07, 6.45) is 5.48. The lowest BCUT2D eigenvalue weighted by Crippen LogP contribution is -2.40. The zero-order valence-electron chi connectivity index (χ0n) is 16.4. The Bertz CT molecular complexity index is 1060. The lowest BCUT2D eigenvalue weighted by molar-refractivity contribution is -0.124. The number of nitrogens with one attached hydrogen (secondary N) is 1. The van der Waals surface area contributed by atoms with Gasteiger partial charge in [-0.05, 0) is 53.9 Å². The summed E-state index contributed by atoms with van der Waals surface area (Å²) in [4.78, 5) is 40.5. The molecule has 0 unspecified atom stereocenters. The van der Waals surface area contributed by atoms with Crippen LogP contribution in [0.3, 0.4) is 0 Å². The Labute approximate surface area is 174 Å². The lowest BCUT2D eigenvalue weighted by atomic mass is 9.63. The number of rotatable bonds is 4. The molecule has 1 aliphatic heterocycles. The maximum absolute atomic E-state index is 13.3. The van der Waals surface area contributed by atoms with E-state index < -0.39 is 0 Å². The van der Waals surface area contributed by atoms with Crippen LogP contribution in [-0.4, -0.2) is 17.7 Å². The van der Waals surface area contributed by atoms with Crippen molar-refractivity contribution in [2.45, 2.75) is 13.0 Å². The van der Waals surface area contributed by atoms with Gasteiger partial charge in [0.05, 0.1) is 17.5 Å². The first-order valence-electron chi connectivity index (χ1n) is 10.6. The van der Waals surface area contributed by atoms with E-state index in [-0.39, 0.29) is 41.4 Å². The lowest BCUT2D eigenvalue weighted by Gasteiger charge is -2.37. The van der Waals surface area contributed by atoms with Crippen molar-refractivity contribution in [3.63, 3.8) is 0 Å². The molecule has 3 amide bonds. The van der Waals surface area contributed by atoms with Crippen LogP contribution in [0, 0.1) is 35.5 Å². The molecule has 150 valence electrons. The number of benzene rings is 2. The van der Waals surface area contributed by atoms with Crippen molar-refractivity contribution in [3.05, 3.63) is 77.9 Å². The topological polar surface area (TPSA) is 66.5 Å². The van der Waals surface area contributed by atoms with Crippen LogP contribution in [0.2, 0.25) is 0 Å². The normalized spacial score (nSPS) is 32.7. The maximum Gasteiger partial charge on any atom is 0.251 e. The largest absolute Gasteiger partial charge is 0.348 e. The molecule has 3 fully saturated rings. The minimum atomic E-state index is -0.230. The van der Waals surface area contributed by atoms with Gasteiger partial charge in [-0.3, -0.25) is 14.4 Å². The number of amides is 3. The Balaban J connectivity index is 1.24. The molecule has 0 spiro atoms. The van der Waals surface area contributed by atoms with Gasteiger partial charge in [0.2, 0.25) is 11.8 Å². The summed E-state index contributed by atoms with van der Waals surface area (Å²) in [5, 5.41) is 2.90. The molecule has 0 radical (unpaired) electrons. The average molecular weight is 398 g/mol. The number of carbonyl (C=O) groups excluding carboxylic acids is 3. The van der Waals surface area contributed by atoms with E-state index in [0.717, 1.165) is 12.0 Å². The Hall–Kier alpha value is -3.21. The summed E-state index contributed by atoms with van der Waals surface area (Å²) in [6, 6.07) is 16.5. The average Bonchev–Trinajstić information content (AvgIpc) is 3.56. The Kier molecular flexibility index (Phi) is 3.76. The molecule has 5 aliphatic rings. The molecule has 2 aromatic carbocycles. The highest BCUT2D eigenvalue weighted by Crippen LogP contribution is 2.65. The first-order valence-corrected chi connectivity index (χ1v) is 10.6. The zero-order chi connectivity index (χ0) is 20.4. The highest BCUT2D eigenvalue weighted by molar-refractivity contribution is 6.23. The first kappa shape index (κ1) is 17.6. The summed E-state index contributed by atoms with van der Waals surface area (Å²) in [5.74, 6) is 0.667. The first-order chi connectivity index (χ1) is 14.6. The van der Waals surface area contributed by atoms with Crippen molar-refractivity contribution in [1.29, 1.82) is 0 Å². The van der Waals surface area contributed by atoms with Gasteiger partial charge >= 0.3 is 0 Å². The van der Waals surface area contributed by atoms with Crippen LogP contribution >= 0.6 is 0 Å². The van der Waals surface area contributed by atoms with E-state index >= 15 is 0 Å². The van der Waals surface area contributed by atoms with Crippen LogP contribution in [0.1, 0.15) is 22.3 Å². The van der Waals surface area contributed by atoms with Crippen LogP contribution in [0.5, 0.6) is 0 Å². The van der Waals surface area contributed by atoms with E-state index in [2.05, 4.69) is 17.5 Å². The number of hydrogen-bond donors (Lipinski definition) is 1. The second kappa shape index (κ2) is 6.39. The minimum Gasteiger partial charge on any atom is -0.348 e. The fraction of sp³-hybridized carbons (Fsp3) is 0.320. The number of nitrogens with zero attached hydrogens (tertiary/aromatic N) is 1.